The van der Waals surface area contributed by atoms with Crippen LogP contribution < -0.4 is 5.73 Å². The predicted octanol–water partition coefficient (Wildman–Crippen LogP) is 4.38. The molecule has 0 radical (unpaired) electrons. The Labute approximate surface area is 215 Å². The van der Waals surface area contributed by atoms with Crippen LogP contribution in [0.5, 0.6) is 0 Å². The lowest BCUT2D eigenvalue weighted by atomic mass is 10.1. The Morgan fingerprint density at radius 3 is 2.28 bits per heavy atom. The molecule has 206 valence electrons. The van der Waals surface area contributed by atoms with Gasteiger partial charge in [0.05, 0.1) is 13.2 Å². The number of urea groups is 1. The van der Waals surface area contributed by atoms with Gasteiger partial charge in [-0.3, -0.25) is 4.79 Å². The summed E-state index contributed by atoms with van der Waals surface area (Å²) in [5, 5.41) is 7.80. The number of ether oxygens (including phenoxy) is 2. The van der Waals surface area contributed by atoms with Crippen molar-refractivity contribution in [3.05, 3.63) is 24.4 Å². The number of methoxy groups -OCH3 is 1. The number of carboxylic acid groups (broad SMARTS) is 1. The van der Waals surface area contributed by atoms with E-state index in [1.165, 1.54) is 25.7 Å². The molecule has 2 unspecified atom stereocenters. The lowest BCUT2D eigenvalue weighted by Gasteiger charge is -2.32. The van der Waals surface area contributed by atoms with E-state index in [1.54, 1.807) is 33.4 Å². The molecule has 0 aromatic rings. The zero-order chi connectivity index (χ0) is 28.0. The Bertz CT molecular complexity index is 750. The van der Waals surface area contributed by atoms with Crippen LogP contribution >= 0.6 is 0 Å². The fraction of sp³-hybridized carbons (Fsp3) is 0.654. The van der Waals surface area contributed by atoms with Crippen molar-refractivity contribution in [2.24, 2.45) is 10.7 Å². The van der Waals surface area contributed by atoms with Crippen LogP contribution in [0.25, 0.3) is 0 Å². The molecule has 2 aliphatic rings. The highest BCUT2D eigenvalue weighted by Gasteiger charge is 2.45. The molecule has 10 nitrogen and oxygen atoms in total. The second-order valence-electron chi connectivity index (χ2n) is 8.62. The van der Waals surface area contributed by atoms with Crippen molar-refractivity contribution in [2.75, 3.05) is 21.3 Å². The molecule has 10 heteroatoms. The maximum absolute atomic E-state index is 12.0. The molecule has 2 rings (SSSR count). The van der Waals surface area contributed by atoms with Gasteiger partial charge < -0.3 is 25.1 Å². The molecule has 0 aromatic carbocycles. The summed E-state index contributed by atoms with van der Waals surface area (Å²) in [4.78, 5) is 45.0. The van der Waals surface area contributed by atoms with Crippen LogP contribution in [0.2, 0.25) is 0 Å². The van der Waals surface area contributed by atoms with Gasteiger partial charge in [0.2, 0.25) is 6.23 Å². The average molecular weight is 513 g/mol. The summed E-state index contributed by atoms with van der Waals surface area (Å²) in [6.45, 7) is 5.96. The van der Waals surface area contributed by atoms with Gasteiger partial charge in [0, 0.05) is 39.2 Å². The van der Waals surface area contributed by atoms with Gasteiger partial charge in [-0.2, -0.15) is 4.48 Å². The first-order chi connectivity index (χ1) is 17.0. The maximum Gasteiger partial charge on any atom is 0.451 e. The first kappa shape index (κ1) is 35.5. The highest BCUT2D eigenvalue weighted by molar-refractivity contribution is 5.99. The first-order valence-corrected chi connectivity index (χ1v) is 12.4. The van der Waals surface area contributed by atoms with Crippen LogP contribution in [-0.2, 0) is 23.9 Å². The molecule has 3 N–H and O–H groups in total. The number of carboxylic acids is 1. The molecular weight excluding hydrogens is 466 g/mol. The Kier molecular flexibility index (Phi) is 21.3. The smallest absolute Gasteiger partial charge is 0.451 e. The minimum Gasteiger partial charge on any atom is -0.478 e. The van der Waals surface area contributed by atoms with Gasteiger partial charge in [-0.1, -0.05) is 39.5 Å². The fourth-order valence-electron chi connectivity index (χ4n) is 3.24. The van der Waals surface area contributed by atoms with Gasteiger partial charge in [-0.15, -0.1) is 4.99 Å². The maximum atomic E-state index is 12.0. The zero-order valence-corrected chi connectivity index (χ0v) is 22.8. The average Bonchev–Trinajstić information content (AvgIpc) is 3.30. The number of aldehydes is 1. The number of nitrogens with zero attached hydrogens (tertiary/aromatic N) is 2. The van der Waals surface area contributed by atoms with Gasteiger partial charge in [0.15, 0.2) is 0 Å². The molecule has 0 bridgehead atoms. The Balaban J connectivity index is 0. The van der Waals surface area contributed by atoms with E-state index in [9.17, 15) is 19.2 Å². The van der Waals surface area contributed by atoms with Crippen LogP contribution in [0, 0.1) is 0 Å². The highest BCUT2D eigenvalue weighted by Crippen LogP contribution is 2.31. The molecular formula is C26H46N3O7+. The number of amidine groups is 1. The summed E-state index contributed by atoms with van der Waals surface area (Å²) in [5.74, 6) is -0.512. The number of nitrogens with two attached hydrogens (primary N) is 1. The molecule has 0 spiro atoms. The van der Waals surface area contributed by atoms with Crippen LogP contribution in [0.1, 0.15) is 78.6 Å². The number of rotatable bonds is 10. The van der Waals surface area contributed by atoms with Gasteiger partial charge in [0.1, 0.15) is 24.1 Å². The first-order valence-electron chi connectivity index (χ1n) is 12.4. The SMILES string of the molecule is CCCCC1CC[C@H]([N+]2(C)C=CC(N)=NC2=O)O1.CCCCCC(C)=O.COC.O=C/C=C\C(=O)O. The van der Waals surface area contributed by atoms with Crippen molar-refractivity contribution < 1.29 is 38.2 Å². The number of hydrogen-bond acceptors (Lipinski definition) is 7. The van der Waals surface area contributed by atoms with E-state index >= 15 is 0 Å². The predicted molar refractivity (Wildman–Crippen MR) is 140 cm³/mol. The highest BCUT2D eigenvalue weighted by atomic mass is 16.5. The summed E-state index contributed by atoms with van der Waals surface area (Å²) in [6, 6.07) is -0.240. The number of hydrogen-bond donors (Lipinski definition) is 2. The molecule has 0 aliphatic carbocycles. The van der Waals surface area contributed by atoms with Gasteiger partial charge >= 0.3 is 12.0 Å². The van der Waals surface area contributed by atoms with Crippen molar-refractivity contribution in [1.82, 2.24) is 0 Å². The van der Waals surface area contributed by atoms with E-state index < -0.39 is 5.97 Å². The van der Waals surface area contributed by atoms with Gasteiger partial charge in [-0.05, 0) is 32.3 Å². The largest absolute Gasteiger partial charge is 0.478 e. The van der Waals surface area contributed by atoms with Crippen LogP contribution in [0.3, 0.4) is 0 Å². The summed E-state index contributed by atoms with van der Waals surface area (Å²) in [7, 11) is 5.08. The van der Waals surface area contributed by atoms with E-state index in [2.05, 4.69) is 23.6 Å². The van der Waals surface area contributed by atoms with E-state index in [0.717, 1.165) is 44.3 Å². The standard InChI is InChI=1S/C13H21N3O2.C7H14O.C4H4O3.C2H6O/c1-3-4-5-10-6-7-12(18-10)16(2)9-8-11(14)15-13(16)17;1-3-4-5-6-7(2)8;5-3-1-2-4(6)7;1-3-2/h8-10,12H,3-7H2,1-2H3,(H-,14,15,17);3-6H2,1-2H3;1-3H,(H,6,7);1-2H3/p+1/b;;2-1-;/t10?,12-,16?;;;/m1.../s1. The minimum absolute atomic E-state index is 0.0866. The van der Waals surface area contributed by atoms with Crippen molar-refractivity contribution in [3.8, 4) is 0 Å². The fourth-order valence-corrected chi connectivity index (χ4v) is 3.24. The Morgan fingerprint density at radius 2 is 1.83 bits per heavy atom. The molecule has 2 heterocycles. The number of unbranched alkanes of at least 4 members (excludes halogenated alkanes) is 3. The zero-order valence-electron chi connectivity index (χ0n) is 22.8. The number of aliphatic imine (C=N–C) groups is 1. The van der Waals surface area contributed by atoms with Gasteiger partial charge in [0.25, 0.3) is 0 Å². The third-order valence-corrected chi connectivity index (χ3v) is 5.20. The second-order valence-corrected chi connectivity index (χ2v) is 8.62. The van der Waals surface area contributed by atoms with Crippen molar-refractivity contribution >= 4 is 29.9 Å². The number of quaternary nitrogens is 1. The van der Waals surface area contributed by atoms with Crippen LogP contribution in [0.4, 0.5) is 4.79 Å². The number of carbonyl (C=O) groups is 4. The number of ketones is 1. The number of carbonyl (C=O) groups excluding carboxylic acids is 3. The van der Waals surface area contributed by atoms with Crippen molar-refractivity contribution in [2.45, 2.75) is 90.9 Å². The van der Waals surface area contributed by atoms with E-state index in [4.69, 9.17) is 15.6 Å². The van der Waals surface area contributed by atoms with Crippen molar-refractivity contribution in [1.29, 1.82) is 0 Å². The Hall–Kier alpha value is -2.69. The second kappa shape index (κ2) is 21.6. The number of amides is 2. The topological polar surface area (TPSA) is 145 Å². The third-order valence-electron chi connectivity index (χ3n) is 5.20. The molecule has 1 fully saturated rings. The monoisotopic (exact) mass is 512 g/mol. The van der Waals surface area contributed by atoms with E-state index in [0.29, 0.717) is 12.1 Å². The summed E-state index contributed by atoms with van der Waals surface area (Å²) < 4.78 is 10.3. The molecule has 2 aliphatic heterocycles. The molecule has 36 heavy (non-hydrogen) atoms. The van der Waals surface area contributed by atoms with Crippen molar-refractivity contribution in [3.63, 3.8) is 0 Å². The lowest BCUT2D eigenvalue weighted by Crippen LogP contribution is -2.53. The summed E-state index contributed by atoms with van der Waals surface area (Å²) in [5.41, 5.74) is 5.53. The third kappa shape index (κ3) is 16.9. The minimum atomic E-state index is -1.10. The normalized spacial score (nSPS) is 22.3. The summed E-state index contributed by atoms with van der Waals surface area (Å²) in [6.07, 6.45) is 15.3. The summed E-state index contributed by atoms with van der Waals surface area (Å²) >= 11 is 0. The number of aliphatic carboxylic acids is 1. The molecule has 2 amide bonds. The Morgan fingerprint density at radius 1 is 1.22 bits per heavy atom. The number of allylic oxidation sites excluding steroid dienone is 1. The number of Topliss-reactive ketones (excluding diaryl/α,β-unsaturated/α-hetero) is 1. The van der Waals surface area contributed by atoms with Crippen LogP contribution in [0.15, 0.2) is 29.4 Å². The lowest BCUT2D eigenvalue weighted by molar-refractivity contribution is -0.830. The quantitative estimate of drug-likeness (QED) is 0.190. The van der Waals surface area contributed by atoms with Gasteiger partial charge in [-0.25, -0.2) is 9.59 Å². The van der Waals surface area contributed by atoms with Crippen LogP contribution in [-0.4, -0.2) is 73.1 Å². The van der Waals surface area contributed by atoms with E-state index in [1.807, 2.05) is 7.05 Å². The molecule has 1 saturated heterocycles. The molecule has 3 atom stereocenters. The molecule has 0 aromatic heterocycles. The molecule has 0 saturated carbocycles. The van der Waals surface area contributed by atoms with E-state index in [-0.39, 0.29) is 28.7 Å².